The number of aryl methyl sites for hydroxylation is 1. The number of thiazole rings is 1. The molecular formula is C21H21N5OS. The summed E-state index contributed by atoms with van der Waals surface area (Å²) >= 11 is 1.51. The van der Waals surface area contributed by atoms with Crippen LogP contribution in [0.15, 0.2) is 54.9 Å². The Morgan fingerprint density at radius 3 is 2.71 bits per heavy atom. The van der Waals surface area contributed by atoms with Crippen LogP contribution in [0.25, 0.3) is 10.2 Å². The van der Waals surface area contributed by atoms with E-state index >= 15 is 0 Å². The Balaban J connectivity index is 1.76. The lowest BCUT2D eigenvalue weighted by molar-refractivity contribution is 0.0979. The highest BCUT2D eigenvalue weighted by molar-refractivity contribution is 7.22. The minimum atomic E-state index is -0.179. The second-order valence-corrected chi connectivity index (χ2v) is 7.91. The fourth-order valence-electron chi connectivity index (χ4n) is 2.95. The summed E-state index contributed by atoms with van der Waals surface area (Å²) in [4.78, 5) is 24.1. The van der Waals surface area contributed by atoms with Crippen LogP contribution in [0.5, 0.6) is 0 Å². The maximum Gasteiger partial charge on any atom is 0.280 e. The van der Waals surface area contributed by atoms with Gasteiger partial charge in [-0.15, -0.1) is 0 Å². The number of para-hydroxylation sites is 1. The molecule has 28 heavy (non-hydrogen) atoms. The molecule has 142 valence electrons. The maximum atomic E-state index is 13.3. The summed E-state index contributed by atoms with van der Waals surface area (Å²) in [5.74, 6) is -0.179. The van der Waals surface area contributed by atoms with Gasteiger partial charge in [-0.2, -0.15) is 5.10 Å². The Labute approximate surface area is 167 Å². The number of pyridine rings is 1. The minimum Gasteiger partial charge on any atom is -0.276 e. The van der Waals surface area contributed by atoms with Crippen molar-refractivity contribution in [2.45, 2.75) is 33.4 Å². The Morgan fingerprint density at radius 1 is 1.18 bits per heavy atom. The predicted molar refractivity (Wildman–Crippen MR) is 112 cm³/mol. The number of rotatable bonds is 5. The first-order valence-electron chi connectivity index (χ1n) is 9.16. The molecule has 0 saturated carbocycles. The number of amides is 1. The van der Waals surface area contributed by atoms with Crippen molar-refractivity contribution in [3.63, 3.8) is 0 Å². The Kier molecular flexibility index (Phi) is 4.92. The average molecular weight is 392 g/mol. The molecule has 1 amide bonds. The molecule has 0 aliphatic rings. The first-order valence-corrected chi connectivity index (χ1v) is 9.97. The van der Waals surface area contributed by atoms with E-state index in [2.05, 4.69) is 10.1 Å². The van der Waals surface area contributed by atoms with Gasteiger partial charge in [-0.05, 0) is 50.6 Å². The van der Waals surface area contributed by atoms with E-state index in [0.29, 0.717) is 17.4 Å². The van der Waals surface area contributed by atoms with Gasteiger partial charge < -0.3 is 0 Å². The van der Waals surface area contributed by atoms with Crippen LogP contribution in [0.3, 0.4) is 0 Å². The van der Waals surface area contributed by atoms with E-state index in [9.17, 15) is 4.79 Å². The third-order valence-corrected chi connectivity index (χ3v) is 5.53. The number of hydrogen-bond donors (Lipinski definition) is 0. The molecule has 0 radical (unpaired) electrons. The molecule has 0 saturated heterocycles. The van der Waals surface area contributed by atoms with E-state index in [1.807, 2.05) is 63.4 Å². The summed E-state index contributed by atoms with van der Waals surface area (Å²) in [6.07, 6.45) is 3.56. The third-order valence-electron chi connectivity index (χ3n) is 4.49. The maximum absolute atomic E-state index is 13.3. The van der Waals surface area contributed by atoms with Crippen LogP contribution in [0.2, 0.25) is 0 Å². The van der Waals surface area contributed by atoms with Gasteiger partial charge in [0.1, 0.15) is 0 Å². The Morgan fingerprint density at radius 2 is 2.04 bits per heavy atom. The lowest BCUT2D eigenvalue weighted by Crippen LogP contribution is -2.31. The molecule has 1 aromatic carbocycles. The largest absolute Gasteiger partial charge is 0.280 e. The summed E-state index contributed by atoms with van der Waals surface area (Å²) in [6.45, 7) is 6.43. The smallest absolute Gasteiger partial charge is 0.276 e. The molecule has 0 unspecified atom stereocenters. The standard InChI is InChI=1S/C21H21N5OS/c1-14(2)26-12-10-17(24-26)20(27)25(13-16-8-4-5-11-22-16)21-23-19-15(3)7-6-9-18(19)28-21/h4-12,14H,13H2,1-3H3. The van der Waals surface area contributed by atoms with Gasteiger partial charge in [-0.3, -0.25) is 19.4 Å². The molecule has 3 heterocycles. The molecule has 0 fully saturated rings. The van der Waals surface area contributed by atoms with Gasteiger partial charge in [0.05, 0.1) is 22.5 Å². The number of hydrogen-bond acceptors (Lipinski definition) is 5. The summed E-state index contributed by atoms with van der Waals surface area (Å²) in [5.41, 5.74) is 3.22. The molecule has 0 aliphatic carbocycles. The second-order valence-electron chi connectivity index (χ2n) is 6.91. The first-order chi connectivity index (χ1) is 13.5. The van der Waals surface area contributed by atoms with E-state index in [-0.39, 0.29) is 11.9 Å². The van der Waals surface area contributed by atoms with Crippen LogP contribution in [0, 0.1) is 6.92 Å². The molecule has 6 nitrogen and oxygen atoms in total. The lowest BCUT2D eigenvalue weighted by Gasteiger charge is -2.18. The van der Waals surface area contributed by atoms with E-state index in [0.717, 1.165) is 21.5 Å². The summed E-state index contributed by atoms with van der Waals surface area (Å²) < 4.78 is 2.84. The zero-order valence-electron chi connectivity index (χ0n) is 16.0. The molecule has 4 rings (SSSR count). The highest BCUT2D eigenvalue weighted by Crippen LogP contribution is 2.32. The van der Waals surface area contributed by atoms with Gasteiger partial charge >= 0.3 is 0 Å². The summed E-state index contributed by atoms with van der Waals surface area (Å²) in [5, 5.41) is 5.10. The van der Waals surface area contributed by atoms with Crippen molar-refractivity contribution in [1.82, 2.24) is 19.7 Å². The van der Waals surface area contributed by atoms with E-state index < -0.39 is 0 Å². The Hall–Kier alpha value is -3.06. The average Bonchev–Trinajstić information content (AvgIpc) is 3.34. The molecule has 0 atom stereocenters. The van der Waals surface area contributed by atoms with Gasteiger partial charge in [-0.1, -0.05) is 29.5 Å². The molecule has 3 aromatic heterocycles. The SMILES string of the molecule is Cc1cccc2sc(N(Cc3ccccn3)C(=O)c3ccn(C(C)C)n3)nc12. The highest BCUT2D eigenvalue weighted by Gasteiger charge is 2.24. The first kappa shape index (κ1) is 18.3. The van der Waals surface area contributed by atoms with Gasteiger partial charge in [0, 0.05) is 18.4 Å². The zero-order chi connectivity index (χ0) is 19.7. The molecule has 7 heteroatoms. The van der Waals surface area contributed by atoms with E-state index in [4.69, 9.17) is 4.98 Å². The molecule has 0 aliphatic heterocycles. The highest BCUT2D eigenvalue weighted by atomic mass is 32.1. The minimum absolute atomic E-state index is 0.179. The third kappa shape index (κ3) is 3.53. The van der Waals surface area contributed by atoms with Crippen molar-refractivity contribution < 1.29 is 4.79 Å². The van der Waals surface area contributed by atoms with Crippen molar-refractivity contribution in [3.05, 3.63) is 71.8 Å². The number of benzene rings is 1. The van der Waals surface area contributed by atoms with Gasteiger partial charge in [0.15, 0.2) is 10.8 Å². The molecule has 0 N–H and O–H groups in total. The van der Waals surface area contributed by atoms with E-state index in [1.54, 1.807) is 21.8 Å². The van der Waals surface area contributed by atoms with Crippen LogP contribution in [-0.4, -0.2) is 25.7 Å². The molecule has 0 bridgehead atoms. The monoisotopic (exact) mass is 391 g/mol. The van der Waals surface area contributed by atoms with Crippen molar-refractivity contribution in [1.29, 1.82) is 0 Å². The number of aromatic nitrogens is 4. The number of carbonyl (C=O) groups is 1. The van der Waals surface area contributed by atoms with Crippen molar-refractivity contribution in [2.24, 2.45) is 0 Å². The molecule has 4 aromatic rings. The molecular weight excluding hydrogens is 370 g/mol. The van der Waals surface area contributed by atoms with Crippen LogP contribution < -0.4 is 4.90 Å². The number of fused-ring (bicyclic) bond motifs is 1. The summed E-state index contributed by atoms with van der Waals surface area (Å²) in [7, 11) is 0. The number of anilines is 1. The number of carbonyl (C=O) groups excluding carboxylic acids is 1. The van der Waals surface area contributed by atoms with Crippen LogP contribution in [-0.2, 0) is 6.54 Å². The van der Waals surface area contributed by atoms with Crippen LogP contribution in [0.4, 0.5) is 5.13 Å². The van der Waals surface area contributed by atoms with Crippen LogP contribution in [0.1, 0.15) is 41.6 Å². The predicted octanol–water partition coefficient (Wildman–Crippen LogP) is 4.62. The fourth-order valence-corrected chi connectivity index (χ4v) is 3.99. The Bertz CT molecular complexity index is 1120. The van der Waals surface area contributed by atoms with Crippen LogP contribution >= 0.6 is 11.3 Å². The summed E-state index contributed by atoms with van der Waals surface area (Å²) in [6, 6.07) is 13.7. The van der Waals surface area contributed by atoms with Gasteiger partial charge in [0.2, 0.25) is 0 Å². The zero-order valence-corrected chi connectivity index (χ0v) is 16.8. The normalized spacial score (nSPS) is 11.3. The topological polar surface area (TPSA) is 63.9 Å². The number of nitrogens with zero attached hydrogens (tertiary/aromatic N) is 5. The van der Waals surface area contributed by atoms with Crippen molar-refractivity contribution in [3.8, 4) is 0 Å². The van der Waals surface area contributed by atoms with Gasteiger partial charge in [-0.25, -0.2) is 4.98 Å². The quantitative estimate of drug-likeness (QED) is 0.498. The van der Waals surface area contributed by atoms with Crippen molar-refractivity contribution >= 4 is 32.6 Å². The molecule has 0 spiro atoms. The van der Waals surface area contributed by atoms with Crippen molar-refractivity contribution in [2.75, 3.05) is 4.90 Å². The second kappa shape index (κ2) is 7.52. The van der Waals surface area contributed by atoms with E-state index in [1.165, 1.54) is 11.3 Å². The van der Waals surface area contributed by atoms with Gasteiger partial charge in [0.25, 0.3) is 5.91 Å². The fraction of sp³-hybridized carbons (Fsp3) is 0.238. The lowest BCUT2D eigenvalue weighted by atomic mass is 10.2.